The second-order valence-electron chi connectivity index (χ2n) is 4.87. The van der Waals surface area contributed by atoms with Crippen LogP contribution in [-0.4, -0.2) is 28.1 Å². The van der Waals surface area contributed by atoms with Crippen LogP contribution in [0.3, 0.4) is 0 Å². The summed E-state index contributed by atoms with van der Waals surface area (Å²) >= 11 is 7.59. The Morgan fingerprint density at radius 2 is 2.05 bits per heavy atom. The van der Waals surface area contributed by atoms with E-state index in [4.69, 9.17) is 11.6 Å². The first-order chi connectivity index (χ1) is 10.2. The third-order valence-corrected chi connectivity index (χ3v) is 4.97. The second-order valence-corrected chi connectivity index (χ2v) is 6.38. The zero-order valence-corrected chi connectivity index (χ0v) is 13.0. The second kappa shape index (κ2) is 6.50. The first-order valence-corrected chi connectivity index (χ1v) is 8.23. The molecule has 3 rings (SSSR count). The van der Waals surface area contributed by atoms with Gasteiger partial charge in [0.1, 0.15) is 5.37 Å². The van der Waals surface area contributed by atoms with Crippen molar-refractivity contribution >= 4 is 29.3 Å². The number of amides is 1. The minimum atomic E-state index is 0.0819. The van der Waals surface area contributed by atoms with E-state index in [9.17, 15) is 4.79 Å². The summed E-state index contributed by atoms with van der Waals surface area (Å²) in [5, 5.41) is 0.798. The van der Waals surface area contributed by atoms with E-state index in [0.717, 1.165) is 17.7 Å². The Hall–Kier alpha value is -1.52. The molecule has 0 N–H and O–H groups in total. The fourth-order valence-corrected chi connectivity index (χ4v) is 3.73. The topological polar surface area (TPSA) is 33.2 Å². The van der Waals surface area contributed by atoms with Crippen molar-refractivity contribution in [1.29, 1.82) is 0 Å². The molecule has 1 aromatic heterocycles. The van der Waals surface area contributed by atoms with Gasteiger partial charge in [-0.3, -0.25) is 9.78 Å². The van der Waals surface area contributed by atoms with E-state index in [1.807, 2.05) is 47.4 Å². The molecule has 1 saturated heterocycles. The van der Waals surface area contributed by atoms with Crippen molar-refractivity contribution in [2.24, 2.45) is 0 Å². The molecule has 1 aliphatic rings. The number of hydrogen-bond acceptors (Lipinski definition) is 3. The van der Waals surface area contributed by atoms with E-state index in [-0.39, 0.29) is 11.3 Å². The molecule has 21 heavy (non-hydrogen) atoms. The van der Waals surface area contributed by atoms with Gasteiger partial charge in [-0.1, -0.05) is 29.8 Å². The van der Waals surface area contributed by atoms with E-state index in [1.165, 1.54) is 0 Å². The van der Waals surface area contributed by atoms with Gasteiger partial charge >= 0.3 is 0 Å². The van der Waals surface area contributed by atoms with Crippen LogP contribution in [0.5, 0.6) is 0 Å². The summed E-state index contributed by atoms with van der Waals surface area (Å²) < 4.78 is 0. The quantitative estimate of drug-likeness (QED) is 0.864. The molecule has 1 atom stereocenters. The van der Waals surface area contributed by atoms with Crippen molar-refractivity contribution in [1.82, 2.24) is 9.88 Å². The summed E-state index contributed by atoms with van der Waals surface area (Å²) in [5.74, 6) is 0.728. The molecule has 1 unspecified atom stereocenters. The number of benzene rings is 1. The Balaban J connectivity index is 1.72. The van der Waals surface area contributed by atoms with E-state index < -0.39 is 0 Å². The number of carbonyl (C=O) groups is 1. The number of aromatic nitrogens is 1. The number of hydrogen-bond donors (Lipinski definition) is 0. The van der Waals surface area contributed by atoms with Crippen LogP contribution in [0.25, 0.3) is 0 Å². The number of rotatable bonds is 4. The molecule has 2 aromatic rings. The average Bonchev–Trinajstić information content (AvgIpc) is 2.88. The lowest BCUT2D eigenvalue weighted by Gasteiger charge is -2.24. The molecule has 1 aromatic carbocycles. The Morgan fingerprint density at radius 3 is 2.76 bits per heavy atom. The fraction of sp³-hybridized carbons (Fsp3) is 0.250. The van der Waals surface area contributed by atoms with Gasteiger partial charge in [-0.05, 0) is 29.8 Å². The molecule has 3 nitrogen and oxygen atoms in total. The standard InChI is InChI=1S/C16H15ClN2OS/c17-13-6-4-12(5-7-13)16-19(15(20)11-21-16)10-8-14-3-1-2-9-18-14/h1-7,9,16H,8,10-11H2. The Morgan fingerprint density at radius 1 is 1.24 bits per heavy atom. The lowest BCUT2D eigenvalue weighted by atomic mass is 10.2. The first-order valence-electron chi connectivity index (χ1n) is 6.80. The Bertz CT molecular complexity index is 618. The smallest absolute Gasteiger partial charge is 0.233 e. The van der Waals surface area contributed by atoms with E-state index >= 15 is 0 Å². The van der Waals surface area contributed by atoms with Crippen LogP contribution in [0.4, 0.5) is 0 Å². The number of thioether (sulfide) groups is 1. The zero-order chi connectivity index (χ0) is 14.7. The molecule has 0 radical (unpaired) electrons. The maximum absolute atomic E-state index is 12.1. The molecule has 0 bridgehead atoms. The average molecular weight is 319 g/mol. The maximum Gasteiger partial charge on any atom is 0.233 e. The maximum atomic E-state index is 12.1. The predicted octanol–water partition coefficient (Wildman–Crippen LogP) is 3.55. The zero-order valence-electron chi connectivity index (χ0n) is 11.4. The van der Waals surface area contributed by atoms with Crippen LogP contribution in [0, 0.1) is 0 Å². The minimum absolute atomic E-state index is 0.0819. The van der Waals surface area contributed by atoms with E-state index in [1.54, 1.807) is 18.0 Å². The van der Waals surface area contributed by atoms with Crippen molar-refractivity contribution in [3.05, 3.63) is 64.9 Å². The third-order valence-electron chi connectivity index (χ3n) is 3.46. The summed E-state index contributed by atoms with van der Waals surface area (Å²) in [5.41, 5.74) is 2.13. The van der Waals surface area contributed by atoms with Crippen molar-refractivity contribution in [2.75, 3.05) is 12.3 Å². The number of carbonyl (C=O) groups excluding carboxylic acids is 1. The summed E-state index contributed by atoms with van der Waals surface area (Å²) in [6, 6.07) is 13.6. The largest absolute Gasteiger partial charge is 0.325 e. The van der Waals surface area contributed by atoms with Gasteiger partial charge in [0.25, 0.3) is 0 Å². The Labute approximate surface area is 133 Å². The normalized spacial score (nSPS) is 18.2. The molecule has 1 aliphatic heterocycles. The van der Waals surface area contributed by atoms with Gasteiger partial charge in [-0.25, -0.2) is 0 Å². The highest BCUT2D eigenvalue weighted by molar-refractivity contribution is 8.00. The van der Waals surface area contributed by atoms with Gasteiger partial charge in [0.15, 0.2) is 0 Å². The van der Waals surface area contributed by atoms with Gasteiger partial charge in [0.05, 0.1) is 5.75 Å². The summed E-state index contributed by atoms with van der Waals surface area (Å²) in [6.45, 7) is 0.691. The van der Waals surface area contributed by atoms with Crippen molar-refractivity contribution in [2.45, 2.75) is 11.8 Å². The highest BCUT2D eigenvalue weighted by Crippen LogP contribution is 2.38. The molecular formula is C16H15ClN2OS. The monoisotopic (exact) mass is 318 g/mol. The third kappa shape index (κ3) is 3.39. The van der Waals surface area contributed by atoms with Crippen LogP contribution in [-0.2, 0) is 11.2 Å². The van der Waals surface area contributed by atoms with Crippen LogP contribution in [0.15, 0.2) is 48.7 Å². The van der Waals surface area contributed by atoms with Crippen molar-refractivity contribution in [3.63, 3.8) is 0 Å². The van der Waals surface area contributed by atoms with Crippen molar-refractivity contribution < 1.29 is 4.79 Å². The van der Waals surface area contributed by atoms with E-state index in [2.05, 4.69) is 4.98 Å². The van der Waals surface area contributed by atoms with Gasteiger partial charge in [-0.15, -0.1) is 11.8 Å². The van der Waals surface area contributed by atoms with Crippen LogP contribution >= 0.6 is 23.4 Å². The molecule has 5 heteroatoms. The van der Waals surface area contributed by atoms with E-state index in [0.29, 0.717) is 17.3 Å². The molecule has 108 valence electrons. The van der Waals surface area contributed by atoms with Gasteiger partial charge in [-0.2, -0.15) is 0 Å². The molecule has 1 fully saturated rings. The molecule has 1 amide bonds. The van der Waals surface area contributed by atoms with Crippen LogP contribution in [0.1, 0.15) is 16.6 Å². The van der Waals surface area contributed by atoms with Crippen molar-refractivity contribution in [3.8, 4) is 0 Å². The SMILES string of the molecule is O=C1CSC(c2ccc(Cl)cc2)N1CCc1ccccn1. The number of pyridine rings is 1. The molecule has 0 aliphatic carbocycles. The highest BCUT2D eigenvalue weighted by atomic mass is 35.5. The van der Waals surface area contributed by atoms with Gasteiger partial charge in [0, 0.05) is 29.9 Å². The first kappa shape index (κ1) is 14.4. The van der Waals surface area contributed by atoms with Crippen LogP contribution in [0.2, 0.25) is 5.02 Å². The Kier molecular flexibility index (Phi) is 4.46. The molecular weight excluding hydrogens is 304 g/mol. The minimum Gasteiger partial charge on any atom is -0.325 e. The summed E-state index contributed by atoms with van der Waals surface area (Å²) in [7, 11) is 0. The molecule has 0 saturated carbocycles. The van der Waals surface area contributed by atoms with Crippen LogP contribution < -0.4 is 0 Å². The molecule has 0 spiro atoms. The van der Waals surface area contributed by atoms with Gasteiger partial charge < -0.3 is 4.90 Å². The number of nitrogens with zero attached hydrogens (tertiary/aromatic N) is 2. The summed E-state index contributed by atoms with van der Waals surface area (Å²) in [4.78, 5) is 18.3. The lowest BCUT2D eigenvalue weighted by Crippen LogP contribution is -2.30. The fourth-order valence-electron chi connectivity index (χ4n) is 2.38. The summed E-state index contributed by atoms with van der Waals surface area (Å²) in [6.07, 6.45) is 2.56. The lowest BCUT2D eigenvalue weighted by molar-refractivity contribution is -0.128. The number of halogens is 1. The molecule has 2 heterocycles. The van der Waals surface area contributed by atoms with Gasteiger partial charge in [0.2, 0.25) is 5.91 Å². The highest BCUT2D eigenvalue weighted by Gasteiger charge is 2.32. The predicted molar refractivity (Wildman–Crippen MR) is 86.3 cm³/mol.